The quantitative estimate of drug-likeness (QED) is 0.415. The molecule has 0 rings (SSSR count). The molecule has 82 valence electrons. The summed E-state index contributed by atoms with van der Waals surface area (Å²) in [7, 11) is 0. The average molecular weight is 253 g/mol. The summed E-state index contributed by atoms with van der Waals surface area (Å²) in [5.41, 5.74) is 4.91. The van der Waals surface area contributed by atoms with Crippen molar-refractivity contribution in [2.45, 2.75) is 18.9 Å². The number of hydrogen-bond donors (Lipinski definition) is 3. The zero-order valence-electron chi connectivity index (χ0n) is 9.00. The number of aliphatic carboxylic acids is 2. The van der Waals surface area contributed by atoms with Crippen LogP contribution in [0.15, 0.2) is 0 Å². The maximum Gasteiger partial charge on any atom is 1.00 e. The minimum atomic E-state index is -1.83. The molecule has 0 saturated heterocycles. The number of nitrogens with two attached hydrogens (primary N) is 1. The number of carbonyl (C=O) groups excluding carboxylic acids is 2. The van der Waals surface area contributed by atoms with E-state index in [1.54, 1.807) is 0 Å². The van der Waals surface area contributed by atoms with Crippen LogP contribution in [0.25, 0.3) is 0 Å². The average Bonchev–Trinajstić information content (AvgIpc) is 1.98. The zero-order valence-corrected chi connectivity index (χ0v) is 13.0. The third kappa shape index (κ3) is 29.2. The van der Waals surface area contributed by atoms with Crippen LogP contribution in [0.2, 0.25) is 0 Å². The number of rotatable bonds is 4. The van der Waals surface area contributed by atoms with E-state index >= 15 is 0 Å². The van der Waals surface area contributed by atoms with Gasteiger partial charge in [0.2, 0.25) is 0 Å². The first-order valence-electron chi connectivity index (χ1n) is 3.35. The molecule has 1 atom stereocenters. The first kappa shape index (κ1) is 25.1. The summed E-state index contributed by atoms with van der Waals surface area (Å²) in [6.45, 7) is 0. The number of carbonyl (C=O) groups is 3. The fourth-order valence-electron chi connectivity index (χ4n) is 0.391. The number of carboxylic acids is 2. The van der Waals surface area contributed by atoms with Crippen molar-refractivity contribution in [3.63, 3.8) is 0 Å². The standard InChI is InChI=1S/C5H9NO4.CH2O3.2Na/c6-3(5(9)10)1-2-4(7)8;2-1(3)4;;/h3H,1-2,6H2,(H,7,8)(H,9,10);(H2,2,3,4);;/q;;2*+1/p-2/t3-;;;/m0.../s1. The maximum atomic E-state index is 9.86. The van der Waals surface area contributed by atoms with Gasteiger partial charge in [-0.25, -0.2) is 4.79 Å². The number of carboxylic acid groups (broad SMARTS) is 4. The maximum absolute atomic E-state index is 9.86. The first-order chi connectivity index (χ1) is 6.27. The van der Waals surface area contributed by atoms with Gasteiger partial charge in [-0.3, -0.25) is 0 Å². The molecular weight excluding hydrogens is 244 g/mol. The van der Waals surface area contributed by atoms with Gasteiger partial charge in [-0.2, -0.15) is 0 Å². The van der Waals surface area contributed by atoms with Gasteiger partial charge in [0.05, 0.1) is 5.97 Å². The topological polar surface area (TPSA) is 164 Å². The molecule has 0 heterocycles. The smallest absolute Gasteiger partial charge is 0.550 e. The van der Waals surface area contributed by atoms with Crippen LogP contribution in [0.1, 0.15) is 12.8 Å². The second-order valence-corrected chi connectivity index (χ2v) is 2.12. The molecule has 0 aliphatic rings. The van der Waals surface area contributed by atoms with Crippen molar-refractivity contribution in [2.75, 3.05) is 0 Å². The molecule has 0 saturated carbocycles. The van der Waals surface area contributed by atoms with E-state index in [-0.39, 0.29) is 72.0 Å². The van der Waals surface area contributed by atoms with Gasteiger partial charge >= 0.3 is 65.3 Å². The van der Waals surface area contributed by atoms with E-state index in [0.717, 1.165) is 0 Å². The Morgan fingerprint density at radius 3 is 1.62 bits per heavy atom. The second kappa shape index (κ2) is 15.2. The van der Waals surface area contributed by atoms with E-state index in [9.17, 15) is 19.8 Å². The first-order valence-corrected chi connectivity index (χ1v) is 3.35. The van der Waals surface area contributed by atoms with Gasteiger partial charge in [-0.15, -0.1) is 0 Å². The summed E-state index contributed by atoms with van der Waals surface area (Å²) in [6.07, 6.45) is -2.33. The molecule has 0 amide bonds. The monoisotopic (exact) mass is 253 g/mol. The van der Waals surface area contributed by atoms with Gasteiger partial charge in [-0.05, 0) is 12.8 Å². The van der Waals surface area contributed by atoms with E-state index in [0.29, 0.717) is 0 Å². The van der Waals surface area contributed by atoms with Crippen LogP contribution in [0.3, 0.4) is 0 Å². The fraction of sp³-hybridized carbons (Fsp3) is 0.500. The largest absolute Gasteiger partial charge is 1.00 e. The minimum Gasteiger partial charge on any atom is -0.550 e. The Kier molecular flexibility index (Phi) is 23.8. The van der Waals surface area contributed by atoms with Crippen molar-refractivity contribution in [3.8, 4) is 0 Å². The summed E-state index contributed by atoms with van der Waals surface area (Å²) >= 11 is 0. The molecule has 0 aliphatic carbocycles. The Hall–Kier alpha value is 0.170. The number of hydrogen-bond acceptors (Lipinski definition) is 6. The van der Waals surface area contributed by atoms with Crippen molar-refractivity contribution >= 4 is 18.1 Å². The molecule has 0 unspecified atom stereocenters. The fourth-order valence-corrected chi connectivity index (χ4v) is 0.391. The zero-order chi connectivity index (χ0) is 11.7. The molecule has 0 aliphatic heterocycles. The molecular formula is C6H9NNa2O7. The van der Waals surface area contributed by atoms with Crippen LogP contribution in [0.5, 0.6) is 0 Å². The van der Waals surface area contributed by atoms with Crippen molar-refractivity contribution in [3.05, 3.63) is 0 Å². The van der Waals surface area contributed by atoms with Crippen molar-refractivity contribution in [2.24, 2.45) is 5.73 Å². The van der Waals surface area contributed by atoms with Crippen molar-refractivity contribution in [1.82, 2.24) is 0 Å². The van der Waals surface area contributed by atoms with Crippen LogP contribution >= 0.6 is 0 Å². The van der Waals surface area contributed by atoms with Gasteiger partial charge < -0.3 is 35.7 Å². The Bertz CT molecular complexity index is 219. The summed E-state index contributed by atoms with van der Waals surface area (Å²) < 4.78 is 0. The second-order valence-electron chi connectivity index (χ2n) is 2.12. The minimum absolute atomic E-state index is 0. The molecule has 0 fully saturated rings. The molecule has 0 aromatic rings. The molecule has 0 aromatic carbocycles. The SMILES string of the molecule is N[C@@H](CCC(=O)[O-])C(=O)[O-].O=C(O)O.[Na+].[Na+]. The predicted molar refractivity (Wildman–Crippen MR) is 37.9 cm³/mol. The van der Waals surface area contributed by atoms with Crippen LogP contribution < -0.4 is 75.1 Å². The van der Waals surface area contributed by atoms with E-state index in [4.69, 9.17) is 20.7 Å². The summed E-state index contributed by atoms with van der Waals surface area (Å²) in [6, 6.07) is -1.21. The van der Waals surface area contributed by atoms with Gasteiger partial charge in [0.25, 0.3) is 0 Å². The Morgan fingerprint density at radius 1 is 1.12 bits per heavy atom. The van der Waals surface area contributed by atoms with E-state index in [1.807, 2.05) is 0 Å². The molecule has 4 N–H and O–H groups in total. The summed E-state index contributed by atoms with van der Waals surface area (Å²) in [5, 5.41) is 33.6. The van der Waals surface area contributed by atoms with Gasteiger partial charge in [0.15, 0.2) is 0 Å². The molecule has 0 aromatic heterocycles. The molecule has 10 heteroatoms. The van der Waals surface area contributed by atoms with Crippen molar-refractivity contribution in [1.29, 1.82) is 0 Å². The normalized spacial score (nSPS) is 9.31. The van der Waals surface area contributed by atoms with Crippen LogP contribution in [0.4, 0.5) is 4.79 Å². The van der Waals surface area contributed by atoms with E-state index in [2.05, 4.69) is 0 Å². The molecule has 8 nitrogen and oxygen atoms in total. The van der Waals surface area contributed by atoms with Crippen LogP contribution in [-0.4, -0.2) is 34.3 Å². The van der Waals surface area contributed by atoms with Crippen LogP contribution in [-0.2, 0) is 9.59 Å². The predicted octanol–water partition coefficient (Wildman–Crippen LogP) is -9.18. The van der Waals surface area contributed by atoms with E-state index in [1.165, 1.54) is 0 Å². The molecule has 0 bridgehead atoms. The van der Waals surface area contributed by atoms with Gasteiger partial charge in [-0.1, -0.05) is 0 Å². The molecule has 16 heavy (non-hydrogen) atoms. The van der Waals surface area contributed by atoms with Crippen LogP contribution in [0, 0.1) is 0 Å². The third-order valence-corrected chi connectivity index (χ3v) is 0.962. The van der Waals surface area contributed by atoms with Gasteiger partial charge in [0, 0.05) is 12.0 Å². The Balaban J connectivity index is -0.000000105. The van der Waals surface area contributed by atoms with E-state index < -0.39 is 24.1 Å². The van der Waals surface area contributed by atoms with Gasteiger partial charge in [0.1, 0.15) is 0 Å². The summed E-state index contributed by atoms with van der Waals surface area (Å²) in [4.78, 5) is 28.2. The summed E-state index contributed by atoms with van der Waals surface area (Å²) in [5.74, 6) is -2.75. The van der Waals surface area contributed by atoms with Crippen molar-refractivity contribution < 1.29 is 93.9 Å². The third-order valence-electron chi connectivity index (χ3n) is 0.962. The molecule has 0 radical (unpaired) electrons. The Labute approximate surface area is 135 Å². The Morgan fingerprint density at radius 2 is 1.44 bits per heavy atom. The molecule has 0 spiro atoms.